The molecule has 0 saturated heterocycles. The molecule has 7 heteroatoms. The Hall–Kier alpha value is -3.35. The van der Waals surface area contributed by atoms with E-state index < -0.39 is 0 Å². The van der Waals surface area contributed by atoms with Gasteiger partial charge in [0.1, 0.15) is 12.7 Å². The second kappa shape index (κ2) is 7.90. The van der Waals surface area contributed by atoms with Crippen LogP contribution in [-0.4, -0.2) is 46.8 Å². The second-order valence-electron chi connectivity index (χ2n) is 6.09. The van der Waals surface area contributed by atoms with E-state index >= 15 is 0 Å². The van der Waals surface area contributed by atoms with Gasteiger partial charge in [0.2, 0.25) is 0 Å². The number of methoxy groups -OCH3 is 2. The highest BCUT2D eigenvalue weighted by Gasteiger charge is 2.20. The lowest BCUT2D eigenvalue weighted by Gasteiger charge is -2.26. The van der Waals surface area contributed by atoms with Crippen LogP contribution in [0.5, 0.6) is 11.5 Å². The largest absolute Gasteiger partial charge is 0.493 e. The molecule has 0 aliphatic carbocycles. The molecule has 0 bridgehead atoms. The molecule has 1 unspecified atom stereocenters. The first-order valence-corrected chi connectivity index (χ1v) is 8.49. The van der Waals surface area contributed by atoms with Gasteiger partial charge in [-0.25, -0.2) is 9.67 Å². The lowest BCUT2D eigenvalue weighted by Crippen LogP contribution is -2.29. The minimum Gasteiger partial charge on any atom is -0.493 e. The van der Waals surface area contributed by atoms with Gasteiger partial charge in [-0.3, -0.25) is 4.79 Å². The van der Waals surface area contributed by atoms with Crippen molar-refractivity contribution in [3.63, 3.8) is 0 Å². The number of nitrogens with zero attached hydrogens (tertiary/aromatic N) is 4. The van der Waals surface area contributed by atoms with Crippen LogP contribution in [0.2, 0.25) is 0 Å². The Bertz CT molecular complexity index is 907. The highest BCUT2D eigenvalue weighted by molar-refractivity contribution is 5.95. The molecule has 3 rings (SSSR count). The molecule has 1 amide bonds. The molecular formula is C20H22N4O3. The number of aromatic nitrogens is 3. The number of carbonyl (C=O) groups is 1. The van der Waals surface area contributed by atoms with Crippen LogP contribution < -0.4 is 9.47 Å². The highest BCUT2D eigenvalue weighted by Crippen LogP contribution is 2.29. The van der Waals surface area contributed by atoms with Gasteiger partial charge in [-0.1, -0.05) is 12.1 Å². The number of rotatable bonds is 6. The summed E-state index contributed by atoms with van der Waals surface area (Å²) in [5.41, 5.74) is 2.48. The molecule has 1 heterocycles. The van der Waals surface area contributed by atoms with Crippen LogP contribution in [0.4, 0.5) is 0 Å². The van der Waals surface area contributed by atoms with Crippen molar-refractivity contribution in [3.8, 4) is 17.2 Å². The number of benzene rings is 2. The molecule has 0 saturated carbocycles. The average Bonchev–Trinajstić information content (AvgIpc) is 3.26. The van der Waals surface area contributed by atoms with Crippen LogP contribution in [-0.2, 0) is 0 Å². The zero-order valence-electron chi connectivity index (χ0n) is 15.8. The second-order valence-corrected chi connectivity index (χ2v) is 6.09. The van der Waals surface area contributed by atoms with Gasteiger partial charge in [0, 0.05) is 12.6 Å². The van der Waals surface area contributed by atoms with E-state index in [1.54, 1.807) is 55.4 Å². The van der Waals surface area contributed by atoms with Crippen LogP contribution in [0.15, 0.2) is 55.1 Å². The Morgan fingerprint density at radius 3 is 2.37 bits per heavy atom. The summed E-state index contributed by atoms with van der Waals surface area (Å²) >= 11 is 0. The molecule has 1 atom stereocenters. The normalized spacial score (nSPS) is 11.7. The zero-order chi connectivity index (χ0) is 19.4. The van der Waals surface area contributed by atoms with E-state index in [1.165, 1.54) is 6.33 Å². The molecule has 0 radical (unpaired) electrons. The standard InChI is InChI=1S/C20H22N4O3/c1-14(15-5-8-17(9-6-15)24-13-21-12-22-24)23(2)20(25)16-7-10-18(26-3)19(11-16)27-4/h5-14H,1-4H3. The van der Waals surface area contributed by atoms with Gasteiger partial charge in [0.25, 0.3) is 5.91 Å². The van der Waals surface area contributed by atoms with E-state index in [1.807, 2.05) is 31.2 Å². The highest BCUT2D eigenvalue weighted by atomic mass is 16.5. The Labute approximate surface area is 158 Å². The van der Waals surface area contributed by atoms with Crippen molar-refractivity contribution in [2.75, 3.05) is 21.3 Å². The molecule has 0 fully saturated rings. The first-order valence-electron chi connectivity index (χ1n) is 8.49. The van der Waals surface area contributed by atoms with Crippen molar-refractivity contribution in [1.29, 1.82) is 0 Å². The quantitative estimate of drug-likeness (QED) is 0.670. The molecule has 3 aromatic rings. The monoisotopic (exact) mass is 366 g/mol. The summed E-state index contributed by atoms with van der Waals surface area (Å²) in [6, 6.07) is 12.9. The Balaban J connectivity index is 1.78. The van der Waals surface area contributed by atoms with Gasteiger partial charge in [-0.05, 0) is 42.8 Å². The fourth-order valence-corrected chi connectivity index (χ4v) is 2.82. The van der Waals surface area contributed by atoms with Gasteiger partial charge in [-0.15, -0.1) is 0 Å². The third kappa shape index (κ3) is 3.76. The van der Waals surface area contributed by atoms with Gasteiger partial charge >= 0.3 is 0 Å². The van der Waals surface area contributed by atoms with Crippen molar-refractivity contribution in [3.05, 3.63) is 66.2 Å². The van der Waals surface area contributed by atoms with Crippen LogP contribution in [0, 0.1) is 0 Å². The molecule has 0 aliphatic rings. The minimum atomic E-state index is -0.101. The molecule has 7 nitrogen and oxygen atoms in total. The van der Waals surface area contributed by atoms with Gasteiger partial charge < -0.3 is 14.4 Å². The molecule has 0 N–H and O–H groups in total. The summed E-state index contributed by atoms with van der Waals surface area (Å²) in [4.78, 5) is 18.5. The van der Waals surface area contributed by atoms with Gasteiger partial charge in [0.15, 0.2) is 11.5 Å². The van der Waals surface area contributed by atoms with E-state index in [2.05, 4.69) is 10.1 Å². The zero-order valence-corrected chi connectivity index (χ0v) is 15.8. The molecule has 140 valence electrons. The number of hydrogen-bond acceptors (Lipinski definition) is 5. The first-order chi connectivity index (χ1) is 13.0. The Morgan fingerprint density at radius 1 is 1.07 bits per heavy atom. The molecule has 0 aliphatic heterocycles. The molecule has 1 aromatic heterocycles. The number of ether oxygens (including phenoxy) is 2. The maximum absolute atomic E-state index is 12.9. The first kappa shape index (κ1) is 18.4. The Kier molecular flexibility index (Phi) is 5.40. The summed E-state index contributed by atoms with van der Waals surface area (Å²) in [5, 5.41) is 4.11. The number of hydrogen-bond donors (Lipinski definition) is 0. The SMILES string of the molecule is COc1ccc(C(=O)N(C)C(C)c2ccc(-n3cncn3)cc2)cc1OC. The van der Waals surface area contributed by atoms with E-state index in [0.29, 0.717) is 17.1 Å². The van der Waals surface area contributed by atoms with Crippen molar-refractivity contribution in [2.24, 2.45) is 0 Å². The predicted molar refractivity (Wildman–Crippen MR) is 101 cm³/mol. The van der Waals surface area contributed by atoms with E-state index in [4.69, 9.17) is 9.47 Å². The van der Waals surface area contributed by atoms with Gasteiger partial charge in [-0.2, -0.15) is 5.10 Å². The predicted octanol–water partition coefficient (Wildman–Crippen LogP) is 3.12. The smallest absolute Gasteiger partial charge is 0.254 e. The Morgan fingerprint density at radius 2 is 1.78 bits per heavy atom. The third-order valence-electron chi connectivity index (χ3n) is 4.59. The van der Waals surface area contributed by atoms with E-state index in [9.17, 15) is 4.79 Å². The van der Waals surface area contributed by atoms with Crippen LogP contribution in [0.3, 0.4) is 0 Å². The fraction of sp³-hybridized carbons (Fsp3) is 0.250. The summed E-state index contributed by atoms with van der Waals surface area (Å²) in [6.45, 7) is 1.99. The van der Waals surface area contributed by atoms with Crippen LogP contribution in [0.25, 0.3) is 5.69 Å². The van der Waals surface area contributed by atoms with Crippen molar-refractivity contribution in [1.82, 2.24) is 19.7 Å². The molecular weight excluding hydrogens is 344 g/mol. The summed E-state index contributed by atoms with van der Waals surface area (Å²) < 4.78 is 12.2. The fourth-order valence-electron chi connectivity index (χ4n) is 2.82. The summed E-state index contributed by atoms with van der Waals surface area (Å²) in [6.07, 6.45) is 3.14. The minimum absolute atomic E-state index is 0.0937. The van der Waals surface area contributed by atoms with E-state index in [0.717, 1.165) is 11.3 Å². The third-order valence-corrected chi connectivity index (χ3v) is 4.59. The molecule has 0 spiro atoms. The van der Waals surface area contributed by atoms with Crippen molar-refractivity contribution < 1.29 is 14.3 Å². The number of amides is 1. The summed E-state index contributed by atoms with van der Waals surface area (Å²) in [7, 11) is 4.90. The maximum Gasteiger partial charge on any atom is 0.254 e. The van der Waals surface area contributed by atoms with Crippen LogP contribution in [0.1, 0.15) is 28.9 Å². The van der Waals surface area contributed by atoms with E-state index in [-0.39, 0.29) is 11.9 Å². The lowest BCUT2D eigenvalue weighted by atomic mass is 10.1. The average molecular weight is 366 g/mol. The van der Waals surface area contributed by atoms with Crippen molar-refractivity contribution >= 4 is 5.91 Å². The summed E-state index contributed by atoms with van der Waals surface area (Å²) in [5.74, 6) is 1.03. The molecule has 27 heavy (non-hydrogen) atoms. The van der Waals surface area contributed by atoms with Crippen LogP contribution >= 0.6 is 0 Å². The van der Waals surface area contributed by atoms with Crippen molar-refractivity contribution in [2.45, 2.75) is 13.0 Å². The number of carbonyl (C=O) groups excluding carboxylic acids is 1. The lowest BCUT2D eigenvalue weighted by molar-refractivity contribution is 0.0742. The topological polar surface area (TPSA) is 69.5 Å². The van der Waals surface area contributed by atoms with Gasteiger partial charge in [0.05, 0.1) is 25.9 Å². The maximum atomic E-state index is 12.9. The molecule has 2 aromatic carbocycles.